The lowest BCUT2D eigenvalue weighted by atomic mass is 9.81. The molecule has 0 bridgehead atoms. The van der Waals surface area contributed by atoms with Crippen LogP contribution < -0.4 is 5.32 Å². The second kappa shape index (κ2) is 6.49. The molecule has 118 valence electrons. The molecule has 0 saturated heterocycles. The van der Waals surface area contributed by atoms with E-state index in [4.69, 9.17) is 0 Å². The van der Waals surface area contributed by atoms with Crippen LogP contribution in [0.1, 0.15) is 45.1 Å². The number of hydrogen-bond donors (Lipinski definition) is 1. The van der Waals surface area contributed by atoms with Crippen molar-refractivity contribution < 1.29 is 8.42 Å². The fourth-order valence-corrected chi connectivity index (χ4v) is 4.14. The molecule has 0 unspecified atom stereocenters. The van der Waals surface area contributed by atoms with Crippen LogP contribution in [0.2, 0.25) is 0 Å². The molecule has 1 aliphatic carbocycles. The third-order valence-corrected chi connectivity index (χ3v) is 5.63. The van der Waals surface area contributed by atoms with Gasteiger partial charge >= 0.3 is 0 Å². The van der Waals surface area contributed by atoms with Gasteiger partial charge in [-0.3, -0.25) is 0 Å². The van der Waals surface area contributed by atoms with Crippen LogP contribution in [0, 0.1) is 0 Å². The Balaban J connectivity index is 1.88. The van der Waals surface area contributed by atoms with Crippen LogP contribution in [0.4, 0.5) is 0 Å². The zero-order chi connectivity index (χ0) is 15.5. The first-order valence-electron chi connectivity index (χ1n) is 7.78. The van der Waals surface area contributed by atoms with E-state index >= 15 is 0 Å². The summed E-state index contributed by atoms with van der Waals surface area (Å²) in [6.45, 7) is 4.43. The van der Waals surface area contributed by atoms with E-state index in [0.717, 1.165) is 12.8 Å². The zero-order valence-corrected chi connectivity index (χ0v) is 14.1. The molecule has 0 radical (unpaired) electrons. The van der Waals surface area contributed by atoms with Crippen molar-refractivity contribution in [2.75, 3.05) is 12.0 Å². The van der Waals surface area contributed by atoms with Crippen molar-refractivity contribution in [3.8, 4) is 0 Å². The molecule has 3 atom stereocenters. The molecular formula is C17H27NO2S. The van der Waals surface area contributed by atoms with E-state index < -0.39 is 9.84 Å². The van der Waals surface area contributed by atoms with Gasteiger partial charge in [-0.2, -0.15) is 0 Å². The molecule has 1 fully saturated rings. The molecule has 1 saturated carbocycles. The predicted octanol–water partition coefficient (Wildman–Crippen LogP) is 2.91. The highest BCUT2D eigenvalue weighted by Crippen LogP contribution is 2.40. The van der Waals surface area contributed by atoms with E-state index in [1.807, 2.05) is 0 Å². The Morgan fingerprint density at radius 1 is 1.33 bits per heavy atom. The van der Waals surface area contributed by atoms with Crippen LogP contribution in [0.5, 0.6) is 0 Å². The van der Waals surface area contributed by atoms with Crippen LogP contribution in [-0.4, -0.2) is 32.5 Å². The first kappa shape index (κ1) is 16.5. The van der Waals surface area contributed by atoms with Crippen molar-refractivity contribution in [1.82, 2.24) is 5.32 Å². The summed E-state index contributed by atoms with van der Waals surface area (Å²) in [5, 5.41) is 3.61. The first-order chi connectivity index (χ1) is 9.78. The Hall–Kier alpha value is -0.870. The van der Waals surface area contributed by atoms with Crippen LogP contribution in [0.3, 0.4) is 0 Å². The average Bonchev–Trinajstić information content (AvgIpc) is 2.80. The summed E-state index contributed by atoms with van der Waals surface area (Å²) >= 11 is 0. The molecule has 0 heterocycles. The maximum Gasteiger partial charge on any atom is 0.147 e. The van der Waals surface area contributed by atoms with Crippen molar-refractivity contribution in [2.24, 2.45) is 0 Å². The predicted molar refractivity (Wildman–Crippen MR) is 88.4 cm³/mol. The second-order valence-corrected chi connectivity index (χ2v) is 9.11. The summed E-state index contributed by atoms with van der Waals surface area (Å²) in [7, 11) is -2.86. The van der Waals surface area contributed by atoms with Gasteiger partial charge in [-0.1, -0.05) is 37.3 Å². The van der Waals surface area contributed by atoms with Crippen LogP contribution in [-0.2, 0) is 15.3 Å². The minimum absolute atomic E-state index is 0.246. The van der Waals surface area contributed by atoms with Crippen LogP contribution >= 0.6 is 0 Å². The molecule has 0 spiro atoms. The Morgan fingerprint density at radius 2 is 2.00 bits per heavy atom. The van der Waals surface area contributed by atoms with Gasteiger partial charge in [0, 0.05) is 18.3 Å². The van der Waals surface area contributed by atoms with Gasteiger partial charge in [-0.25, -0.2) is 8.42 Å². The van der Waals surface area contributed by atoms with Gasteiger partial charge in [0.2, 0.25) is 0 Å². The summed E-state index contributed by atoms with van der Waals surface area (Å²) in [6, 6.07) is 11.5. The maximum atomic E-state index is 11.2. The molecular weight excluding hydrogens is 282 g/mol. The Kier molecular flexibility index (Phi) is 5.10. The van der Waals surface area contributed by atoms with Gasteiger partial charge < -0.3 is 5.32 Å². The summed E-state index contributed by atoms with van der Waals surface area (Å²) < 4.78 is 22.5. The molecule has 0 aromatic heterocycles. The number of rotatable bonds is 6. The van der Waals surface area contributed by atoms with Gasteiger partial charge in [-0.05, 0) is 43.6 Å². The molecule has 21 heavy (non-hydrogen) atoms. The Bertz CT molecular complexity index is 555. The van der Waals surface area contributed by atoms with Crippen molar-refractivity contribution in [2.45, 2.75) is 57.0 Å². The van der Waals surface area contributed by atoms with Crippen molar-refractivity contribution in [3.05, 3.63) is 35.9 Å². The molecule has 2 rings (SSSR count). The first-order valence-corrected chi connectivity index (χ1v) is 9.84. The number of nitrogens with one attached hydrogen (secondary N) is 1. The van der Waals surface area contributed by atoms with Gasteiger partial charge in [-0.15, -0.1) is 0 Å². The van der Waals surface area contributed by atoms with Crippen molar-refractivity contribution in [1.29, 1.82) is 0 Å². The monoisotopic (exact) mass is 309 g/mol. The molecule has 1 aromatic carbocycles. The number of sulfone groups is 1. The lowest BCUT2D eigenvalue weighted by Gasteiger charge is -2.26. The Labute approximate surface area is 129 Å². The topological polar surface area (TPSA) is 46.2 Å². The third-order valence-electron chi connectivity index (χ3n) is 4.65. The van der Waals surface area contributed by atoms with E-state index in [2.05, 4.69) is 49.5 Å². The minimum Gasteiger partial charge on any atom is -0.311 e. The van der Waals surface area contributed by atoms with Gasteiger partial charge in [0.15, 0.2) is 0 Å². The summed E-state index contributed by atoms with van der Waals surface area (Å²) in [5.41, 5.74) is 1.66. The molecule has 0 amide bonds. The Morgan fingerprint density at radius 3 is 2.62 bits per heavy atom. The van der Waals surface area contributed by atoms with E-state index in [9.17, 15) is 8.42 Å². The van der Waals surface area contributed by atoms with Gasteiger partial charge in [0.1, 0.15) is 9.84 Å². The summed E-state index contributed by atoms with van der Waals surface area (Å²) in [4.78, 5) is 0. The summed E-state index contributed by atoms with van der Waals surface area (Å²) in [5.74, 6) is 0.268. The highest BCUT2D eigenvalue weighted by molar-refractivity contribution is 7.90. The fourth-order valence-electron chi connectivity index (χ4n) is 3.36. The molecule has 3 nitrogen and oxygen atoms in total. The van der Waals surface area contributed by atoms with E-state index in [-0.39, 0.29) is 17.2 Å². The van der Waals surface area contributed by atoms with E-state index in [1.165, 1.54) is 18.2 Å². The van der Waals surface area contributed by atoms with Gasteiger partial charge in [0.05, 0.1) is 5.75 Å². The fraction of sp³-hybridized carbons (Fsp3) is 0.647. The quantitative estimate of drug-likeness (QED) is 0.879. The standard InChI is InChI=1S/C17H27NO2S/c1-14(10-12-21(3,19)20)18-16-9-11-17(2,13-16)15-7-5-4-6-8-15/h4-8,14,16,18H,9-13H2,1-3H3/t14-,16-,17-/m1/s1. The third kappa shape index (κ3) is 4.82. The van der Waals surface area contributed by atoms with Crippen molar-refractivity contribution in [3.63, 3.8) is 0 Å². The molecule has 0 aliphatic heterocycles. The lowest BCUT2D eigenvalue weighted by Crippen LogP contribution is -2.37. The molecule has 4 heteroatoms. The molecule has 1 N–H and O–H groups in total. The average molecular weight is 309 g/mol. The number of benzene rings is 1. The highest BCUT2D eigenvalue weighted by Gasteiger charge is 2.36. The molecule has 1 aromatic rings. The summed E-state index contributed by atoms with van der Waals surface area (Å²) in [6.07, 6.45) is 5.47. The second-order valence-electron chi connectivity index (χ2n) is 6.85. The number of hydrogen-bond acceptors (Lipinski definition) is 3. The minimum atomic E-state index is -2.86. The molecule has 1 aliphatic rings. The van der Waals surface area contributed by atoms with Crippen LogP contribution in [0.15, 0.2) is 30.3 Å². The largest absolute Gasteiger partial charge is 0.311 e. The van der Waals surface area contributed by atoms with Crippen molar-refractivity contribution >= 4 is 9.84 Å². The van der Waals surface area contributed by atoms with E-state index in [1.54, 1.807) is 0 Å². The van der Waals surface area contributed by atoms with E-state index in [0.29, 0.717) is 12.5 Å². The zero-order valence-electron chi connectivity index (χ0n) is 13.3. The normalized spacial score (nSPS) is 27.7. The lowest BCUT2D eigenvalue weighted by molar-refractivity contribution is 0.412. The highest BCUT2D eigenvalue weighted by atomic mass is 32.2. The van der Waals surface area contributed by atoms with Crippen LogP contribution in [0.25, 0.3) is 0 Å². The SMILES string of the molecule is C[C@H](CCS(C)(=O)=O)N[C@@H]1CC[C@@](C)(c2ccccc2)C1. The maximum absolute atomic E-state index is 11.2. The van der Waals surface area contributed by atoms with Gasteiger partial charge in [0.25, 0.3) is 0 Å². The smallest absolute Gasteiger partial charge is 0.147 e.